The number of imidazole rings is 1. The molecule has 0 aromatic carbocycles. The predicted octanol–water partition coefficient (Wildman–Crippen LogP) is 1.70. The lowest BCUT2D eigenvalue weighted by atomic mass is 9.87. The van der Waals surface area contributed by atoms with Crippen molar-refractivity contribution in [2.24, 2.45) is 5.73 Å². The van der Waals surface area contributed by atoms with E-state index < -0.39 is 5.91 Å². The van der Waals surface area contributed by atoms with Crippen LogP contribution >= 0.6 is 0 Å². The first-order valence-corrected chi connectivity index (χ1v) is 11.4. The van der Waals surface area contributed by atoms with Crippen LogP contribution in [0, 0.1) is 0 Å². The number of hydrogen-bond acceptors (Lipinski definition) is 8. The van der Waals surface area contributed by atoms with Crippen molar-refractivity contribution in [3.8, 4) is 0 Å². The van der Waals surface area contributed by atoms with E-state index in [2.05, 4.69) is 20.3 Å². The second kappa shape index (κ2) is 8.73. The minimum Gasteiger partial charge on any atom is -0.381 e. The van der Waals surface area contributed by atoms with Gasteiger partial charge in [0.1, 0.15) is 11.4 Å². The van der Waals surface area contributed by atoms with Crippen LogP contribution in [0.5, 0.6) is 0 Å². The van der Waals surface area contributed by atoms with Gasteiger partial charge in [-0.2, -0.15) is 0 Å². The van der Waals surface area contributed by atoms with Crippen molar-refractivity contribution in [3.05, 3.63) is 46.6 Å². The molecular weight excluding hydrogens is 438 g/mol. The van der Waals surface area contributed by atoms with Gasteiger partial charge in [-0.1, -0.05) is 0 Å². The molecule has 0 aliphatic heterocycles. The maximum atomic E-state index is 13.2. The van der Waals surface area contributed by atoms with Crippen molar-refractivity contribution < 1.29 is 14.3 Å². The number of nitrogens with one attached hydrogen (secondary N) is 1. The average molecular weight is 468 g/mol. The fourth-order valence-electron chi connectivity index (χ4n) is 4.78. The number of pyridine rings is 1. The maximum absolute atomic E-state index is 13.2. The van der Waals surface area contributed by atoms with Gasteiger partial charge < -0.3 is 30.0 Å². The number of aromatic nitrogens is 4. The zero-order valence-electron chi connectivity index (χ0n) is 19.5. The van der Waals surface area contributed by atoms with Crippen molar-refractivity contribution in [2.75, 3.05) is 31.5 Å². The van der Waals surface area contributed by atoms with Crippen LogP contribution < -0.4 is 21.5 Å². The van der Waals surface area contributed by atoms with Crippen LogP contribution in [0.4, 0.5) is 17.2 Å². The maximum Gasteiger partial charge on any atom is 0.274 e. The van der Waals surface area contributed by atoms with E-state index in [-0.39, 0.29) is 35.5 Å². The lowest BCUT2D eigenvalue weighted by Crippen LogP contribution is -2.50. The number of nitrogens with two attached hydrogens (primary N) is 1. The summed E-state index contributed by atoms with van der Waals surface area (Å²) in [4.78, 5) is 31.6. The minimum atomic E-state index is -0.635. The molecule has 1 amide bonds. The molecule has 34 heavy (non-hydrogen) atoms. The SMILES string of the molecule is COC1CC(n2cccc(Nc3cc(N(C)[C@@H]4CC[C@H]4OC)c4ncc(C(N)=O)n4n3)c2=O)C1. The van der Waals surface area contributed by atoms with Gasteiger partial charge in [-0.25, -0.2) is 9.50 Å². The molecule has 0 saturated heterocycles. The molecular formula is C23H29N7O4. The Morgan fingerprint density at radius 1 is 1.26 bits per heavy atom. The molecule has 2 fully saturated rings. The van der Waals surface area contributed by atoms with Gasteiger partial charge in [-0.05, 0) is 37.8 Å². The molecule has 180 valence electrons. The van der Waals surface area contributed by atoms with E-state index in [4.69, 9.17) is 15.2 Å². The van der Waals surface area contributed by atoms with Gasteiger partial charge in [0.15, 0.2) is 11.5 Å². The molecule has 2 saturated carbocycles. The highest BCUT2D eigenvalue weighted by Gasteiger charge is 2.36. The second-order valence-electron chi connectivity index (χ2n) is 8.93. The fraction of sp³-hybridized carbons (Fsp3) is 0.478. The number of carbonyl (C=O) groups excluding carboxylic acids is 1. The second-order valence-corrected chi connectivity index (χ2v) is 8.93. The Morgan fingerprint density at radius 3 is 2.71 bits per heavy atom. The largest absolute Gasteiger partial charge is 0.381 e. The van der Waals surface area contributed by atoms with Crippen LogP contribution in [-0.4, -0.2) is 64.6 Å². The van der Waals surface area contributed by atoms with Gasteiger partial charge in [0.25, 0.3) is 11.5 Å². The smallest absolute Gasteiger partial charge is 0.274 e. The summed E-state index contributed by atoms with van der Waals surface area (Å²) < 4.78 is 14.1. The molecule has 2 aliphatic rings. The van der Waals surface area contributed by atoms with Gasteiger partial charge in [0, 0.05) is 39.6 Å². The standard InChI is InChI=1S/C23H29N7O4/c1-28(16-6-7-19(16)34-3)17-11-20(27-30-18(21(24)31)12-25-22(17)30)26-15-5-4-8-29(23(15)32)13-9-14(10-13)33-2/h4-5,8,11-14,16,19H,6-7,9-10H2,1-3H3,(H2,24,31)(H,26,27)/t13?,14?,16-,19-/m1/s1. The lowest BCUT2D eigenvalue weighted by molar-refractivity contribution is 0.00522. The third kappa shape index (κ3) is 3.70. The molecule has 3 heterocycles. The number of fused-ring (bicyclic) bond motifs is 1. The normalized spacial score (nSPS) is 23.9. The van der Waals surface area contributed by atoms with E-state index in [1.165, 1.54) is 10.7 Å². The molecule has 0 radical (unpaired) electrons. The Bertz CT molecular complexity index is 1280. The van der Waals surface area contributed by atoms with Crippen LogP contribution in [0.25, 0.3) is 5.65 Å². The van der Waals surface area contributed by atoms with Gasteiger partial charge in [-0.3, -0.25) is 9.59 Å². The molecule has 11 nitrogen and oxygen atoms in total. The first-order valence-electron chi connectivity index (χ1n) is 11.4. The van der Waals surface area contributed by atoms with Crippen molar-refractivity contribution in [2.45, 2.75) is 50.0 Å². The summed E-state index contributed by atoms with van der Waals surface area (Å²) in [6.45, 7) is 0. The van der Waals surface area contributed by atoms with Crippen molar-refractivity contribution in [1.82, 2.24) is 19.2 Å². The summed E-state index contributed by atoms with van der Waals surface area (Å²) >= 11 is 0. The summed E-state index contributed by atoms with van der Waals surface area (Å²) in [6.07, 6.45) is 7.07. The van der Waals surface area contributed by atoms with E-state index in [1.54, 1.807) is 31.0 Å². The number of primary amides is 1. The van der Waals surface area contributed by atoms with Gasteiger partial charge in [0.2, 0.25) is 0 Å². The van der Waals surface area contributed by atoms with Crippen LogP contribution in [0.15, 0.2) is 35.4 Å². The third-order valence-corrected chi connectivity index (χ3v) is 7.09. The predicted molar refractivity (Wildman–Crippen MR) is 127 cm³/mol. The summed E-state index contributed by atoms with van der Waals surface area (Å²) in [7, 11) is 5.36. The number of amides is 1. The third-order valence-electron chi connectivity index (χ3n) is 7.09. The van der Waals surface area contributed by atoms with Crippen molar-refractivity contribution >= 4 is 28.7 Å². The zero-order chi connectivity index (χ0) is 24.0. The Labute approximate surface area is 196 Å². The topological polar surface area (TPSA) is 129 Å². The number of nitrogens with zero attached hydrogens (tertiary/aromatic N) is 5. The summed E-state index contributed by atoms with van der Waals surface area (Å²) in [5, 5.41) is 7.68. The van der Waals surface area contributed by atoms with E-state index in [9.17, 15) is 9.59 Å². The summed E-state index contributed by atoms with van der Waals surface area (Å²) in [5.74, 6) is -0.231. The highest BCUT2D eigenvalue weighted by atomic mass is 16.5. The summed E-state index contributed by atoms with van der Waals surface area (Å²) in [5.41, 5.74) is 7.24. The van der Waals surface area contributed by atoms with Crippen molar-refractivity contribution in [3.63, 3.8) is 0 Å². The molecule has 0 bridgehead atoms. The molecule has 0 unspecified atom stereocenters. The fourth-order valence-corrected chi connectivity index (χ4v) is 4.78. The lowest BCUT2D eigenvalue weighted by Gasteiger charge is -2.42. The Kier molecular flexibility index (Phi) is 5.74. The highest BCUT2D eigenvalue weighted by Crippen LogP contribution is 2.35. The molecule has 3 N–H and O–H groups in total. The Balaban J connectivity index is 1.52. The Morgan fingerprint density at radius 2 is 2.06 bits per heavy atom. The van der Waals surface area contributed by atoms with Gasteiger partial charge in [0.05, 0.1) is 30.1 Å². The number of likely N-dealkylation sites (N-methyl/N-ethyl adjacent to an activating group) is 1. The number of methoxy groups -OCH3 is 2. The van der Waals surface area contributed by atoms with Crippen LogP contribution in [0.2, 0.25) is 0 Å². The molecule has 2 aliphatic carbocycles. The minimum absolute atomic E-state index is 0.107. The van der Waals surface area contributed by atoms with Crippen molar-refractivity contribution in [1.29, 1.82) is 0 Å². The zero-order valence-corrected chi connectivity index (χ0v) is 19.5. The molecule has 0 spiro atoms. The average Bonchev–Trinajstić information content (AvgIpc) is 3.18. The van der Waals surface area contributed by atoms with Crippen LogP contribution in [-0.2, 0) is 9.47 Å². The highest BCUT2D eigenvalue weighted by molar-refractivity contribution is 5.92. The van der Waals surface area contributed by atoms with E-state index >= 15 is 0 Å². The number of hydrogen-bond donors (Lipinski definition) is 2. The molecule has 5 rings (SSSR count). The number of anilines is 3. The molecule has 3 aromatic rings. The first-order chi connectivity index (χ1) is 16.4. The number of carbonyl (C=O) groups is 1. The molecule has 2 atom stereocenters. The molecule has 11 heteroatoms. The first kappa shape index (κ1) is 22.4. The van der Waals surface area contributed by atoms with E-state index in [0.717, 1.165) is 31.4 Å². The van der Waals surface area contributed by atoms with Gasteiger partial charge in [-0.15, -0.1) is 5.10 Å². The monoisotopic (exact) mass is 467 g/mol. The van der Waals surface area contributed by atoms with Crippen LogP contribution in [0.1, 0.15) is 42.2 Å². The van der Waals surface area contributed by atoms with Gasteiger partial charge >= 0.3 is 0 Å². The Hall–Kier alpha value is -3.44. The number of ether oxygens (including phenoxy) is 2. The number of rotatable bonds is 8. The summed E-state index contributed by atoms with van der Waals surface area (Å²) in [6, 6.07) is 5.66. The quantitative estimate of drug-likeness (QED) is 0.512. The van der Waals surface area contributed by atoms with E-state index in [1.807, 2.05) is 19.2 Å². The van der Waals surface area contributed by atoms with E-state index in [0.29, 0.717) is 17.2 Å². The van der Waals surface area contributed by atoms with Crippen LogP contribution in [0.3, 0.4) is 0 Å². The molecule has 3 aromatic heterocycles.